The summed E-state index contributed by atoms with van der Waals surface area (Å²) in [4.78, 5) is 26.3. The molecule has 1 fully saturated rings. The maximum Gasteiger partial charge on any atom is 0.328 e. The van der Waals surface area contributed by atoms with Gasteiger partial charge in [0.15, 0.2) is 11.5 Å². The highest BCUT2D eigenvalue weighted by Gasteiger charge is 2.38. The first-order valence-corrected chi connectivity index (χ1v) is 10.9. The molecule has 2 aromatic carbocycles. The summed E-state index contributed by atoms with van der Waals surface area (Å²) in [5.74, 6) is 0.356. The van der Waals surface area contributed by atoms with Gasteiger partial charge in [0.25, 0.3) is 5.91 Å². The summed E-state index contributed by atoms with van der Waals surface area (Å²) in [5.41, 5.74) is 1.96. The van der Waals surface area contributed by atoms with Crippen molar-refractivity contribution in [2.45, 2.75) is 19.4 Å². The first-order valence-electron chi connectivity index (χ1n) is 9.64. The fourth-order valence-electron chi connectivity index (χ4n) is 3.06. The van der Waals surface area contributed by atoms with E-state index in [0.717, 1.165) is 23.7 Å². The highest BCUT2D eigenvalue weighted by Crippen LogP contribution is 2.36. The first-order chi connectivity index (χ1) is 14.9. The van der Waals surface area contributed by atoms with E-state index >= 15 is 0 Å². The number of hydrogen-bond donors (Lipinski definition) is 0. The van der Waals surface area contributed by atoms with Crippen molar-refractivity contribution >= 4 is 46.3 Å². The highest BCUT2D eigenvalue weighted by atomic mass is 32.2. The molecule has 0 spiro atoms. The van der Waals surface area contributed by atoms with Crippen molar-refractivity contribution in [3.05, 3.63) is 64.6 Å². The fraction of sp³-hybridized carbons (Fsp3) is 0.261. The molecule has 1 atom stereocenters. The Balaban J connectivity index is 1.72. The minimum absolute atomic E-state index is 0.321. The van der Waals surface area contributed by atoms with Crippen LogP contribution in [0.2, 0.25) is 0 Å². The minimum atomic E-state index is -0.779. The predicted molar refractivity (Wildman–Crippen MR) is 125 cm³/mol. The number of carbonyl (C=O) groups is 2. The topological polar surface area (TPSA) is 65.1 Å². The Labute approximate surface area is 191 Å². The summed E-state index contributed by atoms with van der Waals surface area (Å²) >= 11 is 6.44. The van der Waals surface area contributed by atoms with Crippen LogP contribution in [0.25, 0.3) is 6.08 Å². The number of rotatable bonds is 8. The number of methoxy groups -OCH3 is 2. The predicted octanol–water partition coefficient (Wildman–Crippen LogP) is 4.08. The average molecular weight is 458 g/mol. The summed E-state index contributed by atoms with van der Waals surface area (Å²) in [6, 6.07) is 14.8. The second-order valence-electron chi connectivity index (χ2n) is 6.75. The lowest BCUT2D eigenvalue weighted by molar-refractivity contribution is -0.147. The molecule has 6 nitrogen and oxygen atoms in total. The van der Waals surface area contributed by atoms with E-state index in [1.165, 1.54) is 17.6 Å². The number of thiocarbonyl (C=S) groups is 1. The van der Waals surface area contributed by atoms with Crippen LogP contribution in [-0.4, -0.2) is 48.0 Å². The van der Waals surface area contributed by atoms with Crippen LogP contribution in [0, 0.1) is 0 Å². The number of carbonyl (C=O) groups excluding carboxylic acids is 2. The molecule has 0 aliphatic carbocycles. The van der Waals surface area contributed by atoms with Crippen molar-refractivity contribution in [1.82, 2.24) is 4.90 Å². The van der Waals surface area contributed by atoms with Crippen molar-refractivity contribution in [2.24, 2.45) is 0 Å². The summed E-state index contributed by atoms with van der Waals surface area (Å²) in [7, 11) is 2.85. The van der Waals surface area contributed by atoms with Crippen molar-refractivity contribution < 1.29 is 23.8 Å². The molecule has 0 N–H and O–H groups in total. The first kappa shape index (κ1) is 22.8. The Morgan fingerprint density at radius 2 is 1.90 bits per heavy atom. The van der Waals surface area contributed by atoms with Gasteiger partial charge in [-0.25, -0.2) is 4.79 Å². The molecular formula is C23H23NO5S2. The number of amides is 1. The Morgan fingerprint density at radius 1 is 1.16 bits per heavy atom. The van der Waals surface area contributed by atoms with Crippen LogP contribution in [0.15, 0.2) is 53.4 Å². The SMILES string of the molecule is COC(=O)[C@H](C)N1C(=O)/C(=C/c2ccc(OCCc3ccccc3)c(OC)c2)SC1=S. The lowest BCUT2D eigenvalue weighted by atomic mass is 10.1. The molecule has 162 valence electrons. The quantitative estimate of drug-likeness (QED) is 0.336. The molecule has 8 heteroatoms. The van der Waals surface area contributed by atoms with Gasteiger partial charge >= 0.3 is 5.97 Å². The summed E-state index contributed by atoms with van der Waals surface area (Å²) in [6.45, 7) is 2.11. The summed E-state index contributed by atoms with van der Waals surface area (Å²) < 4.78 is 16.4. The van der Waals surface area contributed by atoms with E-state index in [0.29, 0.717) is 27.3 Å². The third-order valence-electron chi connectivity index (χ3n) is 4.73. The third-order valence-corrected chi connectivity index (χ3v) is 6.06. The molecule has 1 heterocycles. The molecule has 0 bridgehead atoms. The Hall–Kier alpha value is -2.84. The van der Waals surface area contributed by atoms with Crippen molar-refractivity contribution in [1.29, 1.82) is 0 Å². The molecule has 1 aliphatic rings. The number of ether oxygens (including phenoxy) is 3. The van der Waals surface area contributed by atoms with Crippen molar-refractivity contribution in [3.63, 3.8) is 0 Å². The van der Waals surface area contributed by atoms with E-state index < -0.39 is 12.0 Å². The number of thioether (sulfide) groups is 1. The van der Waals surface area contributed by atoms with E-state index in [1.54, 1.807) is 26.2 Å². The van der Waals surface area contributed by atoms with E-state index in [9.17, 15) is 9.59 Å². The van der Waals surface area contributed by atoms with Gasteiger partial charge in [0.2, 0.25) is 0 Å². The summed E-state index contributed by atoms with van der Waals surface area (Å²) in [5, 5.41) is 0. The third kappa shape index (κ3) is 5.45. The second kappa shape index (κ2) is 10.5. The van der Waals surface area contributed by atoms with Crippen molar-refractivity contribution in [2.75, 3.05) is 20.8 Å². The molecule has 31 heavy (non-hydrogen) atoms. The van der Waals surface area contributed by atoms with Crippen LogP contribution in [0.4, 0.5) is 0 Å². The largest absolute Gasteiger partial charge is 0.493 e. The lowest BCUT2D eigenvalue weighted by Crippen LogP contribution is -2.42. The van der Waals surface area contributed by atoms with E-state index in [1.807, 2.05) is 30.3 Å². The average Bonchev–Trinajstić information content (AvgIpc) is 3.06. The van der Waals surface area contributed by atoms with Crippen LogP contribution in [-0.2, 0) is 20.7 Å². The minimum Gasteiger partial charge on any atom is -0.493 e. The van der Waals surface area contributed by atoms with Crippen LogP contribution in [0.5, 0.6) is 11.5 Å². The molecule has 0 radical (unpaired) electrons. The van der Waals surface area contributed by atoms with Gasteiger partial charge in [-0.3, -0.25) is 9.69 Å². The zero-order valence-corrected chi connectivity index (χ0v) is 19.1. The van der Waals surface area contributed by atoms with Gasteiger partial charge in [0.1, 0.15) is 10.4 Å². The standard InChI is InChI=1S/C23H23NO5S2/c1-15(22(26)28-3)24-21(25)20(31-23(24)30)14-17-9-10-18(19(13-17)27-2)29-12-11-16-7-5-4-6-8-16/h4-10,13-15H,11-12H2,1-3H3/b20-14-/t15-/m0/s1. The van der Waals surface area contributed by atoms with Gasteiger partial charge in [-0.05, 0) is 36.3 Å². The number of hydrogen-bond acceptors (Lipinski definition) is 7. The smallest absolute Gasteiger partial charge is 0.328 e. The monoisotopic (exact) mass is 457 g/mol. The maximum atomic E-state index is 12.8. The number of nitrogens with zero attached hydrogens (tertiary/aromatic N) is 1. The molecule has 3 rings (SSSR count). The van der Waals surface area contributed by atoms with Gasteiger partial charge in [-0.2, -0.15) is 0 Å². The fourth-order valence-corrected chi connectivity index (χ4v) is 4.48. The van der Waals surface area contributed by atoms with Gasteiger partial charge in [0, 0.05) is 6.42 Å². The molecule has 0 saturated carbocycles. The van der Waals surface area contributed by atoms with Gasteiger partial charge in [0.05, 0.1) is 25.7 Å². The van der Waals surface area contributed by atoms with Crippen LogP contribution in [0.3, 0.4) is 0 Å². The molecular weight excluding hydrogens is 434 g/mol. The van der Waals surface area contributed by atoms with Crippen LogP contribution < -0.4 is 9.47 Å². The van der Waals surface area contributed by atoms with Crippen molar-refractivity contribution in [3.8, 4) is 11.5 Å². The Bertz CT molecular complexity index is 1010. The molecule has 1 saturated heterocycles. The van der Waals surface area contributed by atoms with E-state index in [-0.39, 0.29) is 5.91 Å². The van der Waals surface area contributed by atoms with E-state index in [2.05, 4.69) is 12.1 Å². The highest BCUT2D eigenvalue weighted by molar-refractivity contribution is 8.26. The maximum absolute atomic E-state index is 12.8. The molecule has 1 aliphatic heterocycles. The van der Waals surface area contributed by atoms with Gasteiger partial charge in [-0.1, -0.05) is 60.4 Å². The molecule has 2 aromatic rings. The second-order valence-corrected chi connectivity index (χ2v) is 8.42. The normalized spacial score (nSPS) is 15.8. The van der Waals surface area contributed by atoms with Crippen LogP contribution in [0.1, 0.15) is 18.1 Å². The summed E-state index contributed by atoms with van der Waals surface area (Å²) in [6.07, 6.45) is 2.51. The van der Waals surface area contributed by atoms with Gasteiger partial charge in [-0.15, -0.1) is 0 Å². The Kier molecular flexibility index (Phi) is 7.70. The van der Waals surface area contributed by atoms with E-state index in [4.69, 9.17) is 26.4 Å². The lowest BCUT2D eigenvalue weighted by Gasteiger charge is -2.20. The molecule has 0 aromatic heterocycles. The number of esters is 1. The van der Waals surface area contributed by atoms with Crippen LogP contribution >= 0.6 is 24.0 Å². The number of benzene rings is 2. The molecule has 1 amide bonds. The van der Waals surface area contributed by atoms with Gasteiger partial charge < -0.3 is 14.2 Å². The zero-order chi connectivity index (χ0) is 22.4. The zero-order valence-electron chi connectivity index (χ0n) is 17.5. The molecule has 0 unspecified atom stereocenters. The Morgan fingerprint density at radius 3 is 2.58 bits per heavy atom.